The smallest absolute Gasteiger partial charge is 0.303 e. The van der Waals surface area contributed by atoms with Crippen molar-refractivity contribution in [3.63, 3.8) is 0 Å². The molecule has 0 aliphatic heterocycles. The summed E-state index contributed by atoms with van der Waals surface area (Å²) < 4.78 is 0. The van der Waals surface area contributed by atoms with Gasteiger partial charge in [0.05, 0.1) is 0 Å². The molecule has 0 bridgehead atoms. The number of carbonyl (C=O) groups is 1. The molecule has 2 nitrogen and oxygen atoms in total. The van der Waals surface area contributed by atoms with E-state index in [1.165, 1.54) is 0 Å². The number of rotatable bonds is 8. The maximum atomic E-state index is 10.2. The molecule has 0 aliphatic rings. The first-order valence-corrected chi connectivity index (χ1v) is 5.64. The lowest BCUT2D eigenvalue weighted by Crippen LogP contribution is -1.92. The van der Waals surface area contributed by atoms with Gasteiger partial charge in [0.1, 0.15) is 0 Å². The van der Waals surface area contributed by atoms with Crippen LogP contribution in [0.25, 0.3) is 0 Å². The van der Waals surface area contributed by atoms with Gasteiger partial charge in [-0.05, 0) is 19.3 Å². The van der Waals surface area contributed by atoms with Gasteiger partial charge in [-0.15, -0.1) is 0 Å². The zero-order valence-electron chi connectivity index (χ0n) is 9.80. The van der Waals surface area contributed by atoms with Crippen LogP contribution < -0.4 is 0 Å². The Kier molecular flexibility index (Phi) is 10.4. The summed E-state index contributed by atoms with van der Waals surface area (Å²) in [5.41, 5.74) is 0. The lowest BCUT2D eigenvalue weighted by molar-refractivity contribution is -0.137. The minimum Gasteiger partial charge on any atom is -0.481 e. The van der Waals surface area contributed by atoms with Crippen molar-refractivity contribution < 1.29 is 9.90 Å². The number of unbranched alkanes of at least 4 members (excludes halogenated alkanes) is 1. The molecule has 0 aromatic rings. The van der Waals surface area contributed by atoms with Crippen molar-refractivity contribution in [2.24, 2.45) is 0 Å². The number of hydrogen-bond donors (Lipinski definition) is 1. The maximum absolute atomic E-state index is 10.2. The molecule has 0 spiro atoms. The fourth-order valence-corrected chi connectivity index (χ4v) is 1.02. The van der Waals surface area contributed by atoms with Crippen LogP contribution in [0.15, 0.2) is 48.6 Å². The van der Waals surface area contributed by atoms with Crippen LogP contribution in [0.3, 0.4) is 0 Å². The highest BCUT2D eigenvalue weighted by atomic mass is 16.4. The summed E-state index contributed by atoms with van der Waals surface area (Å²) in [6, 6.07) is 0. The molecule has 0 saturated carbocycles. The van der Waals surface area contributed by atoms with Gasteiger partial charge in [0.15, 0.2) is 0 Å². The van der Waals surface area contributed by atoms with E-state index in [0.29, 0.717) is 6.42 Å². The third-order valence-corrected chi connectivity index (χ3v) is 1.82. The molecule has 0 radical (unpaired) electrons. The van der Waals surface area contributed by atoms with Crippen LogP contribution in [0.5, 0.6) is 0 Å². The lowest BCUT2D eigenvalue weighted by atomic mass is 10.2. The Labute approximate surface area is 97.7 Å². The predicted molar refractivity (Wildman–Crippen MR) is 68.3 cm³/mol. The molecule has 0 aromatic heterocycles. The second-order valence-corrected chi connectivity index (χ2v) is 3.32. The first-order valence-electron chi connectivity index (χ1n) is 5.64. The molecule has 0 amide bonds. The van der Waals surface area contributed by atoms with E-state index in [2.05, 4.69) is 13.0 Å². The highest BCUT2D eigenvalue weighted by Gasteiger charge is 1.92. The van der Waals surface area contributed by atoms with Gasteiger partial charge < -0.3 is 5.11 Å². The summed E-state index contributed by atoms with van der Waals surface area (Å²) in [6.07, 6.45) is 18.7. The monoisotopic (exact) mass is 220 g/mol. The zero-order valence-corrected chi connectivity index (χ0v) is 9.80. The number of carboxylic acids is 1. The largest absolute Gasteiger partial charge is 0.481 e. The summed E-state index contributed by atoms with van der Waals surface area (Å²) in [5, 5.41) is 8.40. The van der Waals surface area contributed by atoms with Crippen LogP contribution in [-0.4, -0.2) is 11.1 Å². The van der Waals surface area contributed by atoms with Crippen molar-refractivity contribution in [1.82, 2.24) is 0 Å². The maximum Gasteiger partial charge on any atom is 0.303 e. The van der Waals surface area contributed by atoms with E-state index in [9.17, 15) is 4.79 Å². The van der Waals surface area contributed by atoms with Gasteiger partial charge in [0.25, 0.3) is 0 Å². The van der Waals surface area contributed by atoms with Crippen LogP contribution in [0.2, 0.25) is 0 Å². The third-order valence-electron chi connectivity index (χ3n) is 1.82. The highest BCUT2D eigenvalue weighted by molar-refractivity contribution is 5.66. The van der Waals surface area contributed by atoms with Crippen molar-refractivity contribution in [3.05, 3.63) is 48.6 Å². The quantitative estimate of drug-likeness (QED) is 0.498. The van der Waals surface area contributed by atoms with Gasteiger partial charge in [0.2, 0.25) is 0 Å². The van der Waals surface area contributed by atoms with E-state index < -0.39 is 5.97 Å². The second-order valence-electron chi connectivity index (χ2n) is 3.32. The average Bonchev–Trinajstić information content (AvgIpc) is 2.25. The van der Waals surface area contributed by atoms with Crippen molar-refractivity contribution in [2.45, 2.75) is 32.6 Å². The summed E-state index contributed by atoms with van der Waals surface area (Å²) in [7, 11) is 0. The van der Waals surface area contributed by atoms with Crippen LogP contribution in [0, 0.1) is 0 Å². The number of aliphatic carboxylic acids is 1. The van der Waals surface area contributed by atoms with E-state index in [-0.39, 0.29) is 6.42 Å². The molecule has 2 heteroatoms. The molecule has 0 aliphatic carbocycles. The molecule has 0 heterocycles. The Morgan fingerprint density at radius 1 is 1.00 bits per heavy atom. The summed E-state index contributed by atoms with van der Waals surface area (Å²) >= 11 is 0. The fraction of sp³-hybridized carbons (Fsp3) is 0.357. The average molecular weight is 220 g/mol. The van der Waals surface area contributed by atoms with Crippen LogP contribution in [0.4, 0.5) is 0 Å². The minimum atomic E-state index is -0.727. The number of hydrogen-bond acceptors (Lipinski definition) is 1. The Morgan fingerprint density at radius 3 is 2.12 bits per heavy atom. The first-order chi connectivity index (χ1) is 7.77. The molecule has 0 aromatic carbocycles. The summed E-state index contributed by atoms with van der Waals surface area (Å²) in [6.45, 7) is 2.10. The topological polar surface area (TPSA) is 37.3 Å². The van der Waals surface area contributed by atoms with Gasteiger partial charge in [-0.25, -0.2) is 0 Å². The number of allylic oxidation sites excluding steroid dienone is 8. The third kappa shape index (κ3) is 12.4. The second kappa shape index (κ2) is 11.5. The van der Waals surface area contributed by atoms with Crippen LogP contribution in [-0.2, 0) is 4.79 Å². The van der Waals surface area contributed by atoms with Gasteiger partial charge in [-0.3, -0.25) is 4.79 Å². The van der Waals surface area contributed by atoms with Crippen molar-refractivity contribution in [2.75, 3.05) is 0 Å². The fourth-order valence-electron chi connectivity index (χ4n) is 1.02. The Bertz CT molecular complexity index is 283. The van der Waals surface area contributed by atoms with Crippen molar-refractivity contribution >= 4 is 5.97 Å². The molecule has 0 atom stereocenters. The summed E-state index contributed by atoms with van der Waals surface area (Å²) in [4.78, 5) is 10.2. The van der Waals surface area contributed by atoms with Gasteiger partial charge in [-0.2, -0.15) is 0 Å². The van der Waals surface area contributed by atoms with E-state index in [4.69, 9.17) is 5.11 Å². The van der Waals surface area contributed by atoms with E-state index in [0.717, 1.165) is 12.8 Å². The molecule has 0 rings (SSSR count). The van der Waals surface area contributed by atoms with E-state index in [1.807, 2.05) is 42.5 Å². The standard InChI is InChI=1S/C14H20O2/c1-2-3-4-5-6-7-8-9-10-11-12-13-14(15)16/h3-10H,2,11-13H2,1H3,(H,15,16). The van der Waals surface area contributed by atoms with Crippen LogP contribution in [0.1, 0.15) is 32.6 Å². The van der Waals surface area contributed by atoms with E-state index >= 15 is 0 Å². The molecular formula is C14H20O2. The molecule has 1 N–H and O–H groups in total. The molecule has 0 unspecified atom stereocenters. The van der Waals surface area contributed by atoms with Crippen molar-refractivity contribution in [1.29, 1.82) is 0 Å². The Hall–Kier alpha value is -1.57. The first kappa shape index (κ1) is 14.4. The normalized spacial score (nSPS) is 12.6. The molecule has 0 saturated heterocycles. The Balaban J connectivity index is 3.51. The summed E-state index contributed by atoms with van der Waals surface area (Å²) in [5.74, 6) is -0.727. The van der Waals surface area contributed by atoms with Crippen LogP contribution >= 0.6 is 0 Å². The predicted octanol–water partition coefficient (Wildman–Crippen LogP) is 3.88. The lowest BCUT2D eigenvalue weighted by Gasteiger charge is -1.88. The highest BCUT2D eigenvalue weighted by Crippen LogP contribution is 1.96. The number of carboxylic acid groups (broad SMARTS) is 1. The molecule has 88 valence electrons. The van der Waals surface area contributed by atoms with Crippen molar-refractivity contribution in [3.8, 4) is 0 Å². The molecular weight excluding hydrogens is 200 g/mol. The zero-order chi connectivity index (χ0) is 12.1. The van der Waals surface area contributed by atoms with Gasteiger partial charge in [-0.1, -0.05) is 55.5 Å². The Morgan fingerprint density at radius 2 is 1.56 bits per heavy atom. The minimum absolute atomic E-state index is 0.246. The van der Waals surface area contributed by atoms with Gasteiger partial charge in [0, 0.05) is 6.42 Å². The van der Waals surface area contributed by atoms with Gasteiger partial charge >= 0.3 is 5.97 Å². The SMILES string of the molecule is CCC=CC=CC=CC=CCCCC(=O)O. The molecule has 16 heavy (non-hydrogen) atoms. The van der Waals surface area contributed by atoms with E-state index in [1.54, 1.807) is 0 Å². The molecule has 0 fully saturated rings.